The number of carbonyl (C=O) groups is 2. The van der Waals surface area contributed by atoms with E-state index in [9.17, 15) is 9.59 Å². The topological polar surface area (TPSA) is 94.8 Å². The van der Waals surface area contributed by atoms with E-state index in [-0.39, 0.29) is 23.6 Å². The Balaban J connectivity index is 2.07. The standard InChI is InChI=1S/C20H23N3O4/c1-4-14(20(25)26-12(2)3)23-18-15(10-11-16(21)22-18)27-17(19(23)24)13-8-6-5-7-9-13/h5-12,14,17H,4H2,1-3H3,(H2,21,22). The number of pyridine rings is 1. The van der Waals surface area contributed by atoms with Gasteiger partial charge in [0.2, 0.25) is 6.10 Å². The maximum atomic E-state index is 13.3. The molecule has 2 aromatic rings. The summed E-state index contributed by atoms with van der Waals surface area (Å²) in [6, 6.07) is 11.6. The van der Waals surface area contributed by atoms with Crippen molar-refractivity contribution in [2.45, 2.75) is 45.4 Å². The van der Waals surface area contributed by atoms with Crippen molar-refractivity contribution in [3.8, 4) is 5.75 Å². The number of hydrogen-bond acceptors (Lipinski definition) is 6. The molecule has 0 aliphatic carbocycles. The molecule has 0 saturated carbocycles. The van der Waals surface area contributed by atoms with Gasteiger partial charge in [-0.2, -0.15) is 0 Å². The van der Waals surface area contributed by atoms with Crippen LogP contribution in [0.15, 0.2) is 42.5 Å². The molecule has 0 saturated heterocycles. The molecule has 1 aromatic carbocycles. The van der Waals surface area contributed by atoms with Crippen LogP contribution >= 0.6 is 0 Å². The third-order valence-electron chi connectivity index (χ3n) is 4.22. The minimum atomic E-state index is -0.870. The Hall–Kier alpha value is -3.09. The lowest BCUT2D eigenvalue weighted by molar-refractivity contribution is -0.150. The summed E-state index contributed by atoms with van der Waals surface area (Å²) in [5.41, 5.74) is 6.51. The molecule has 1 aliphatic heterocycles. The molecule has 27 heavy (non-hydrogen) atoms. The summed E-state index contributed by atoms with van der Waals surface area (Å²) in [5, 5.41) is 0. The summed E-state index contributed by atoms with van der Waals surface area (Å²) in [5.74, 6) is 0.0117. The third kappa shape index (κ3) is 3.72. The van der Waals surface area contributed by atoms with E-state index in [0.29, 0.717) is 17.7 Å². The van der Waals surface area contributed by atoms with Crippen LogP contribution in [0.1, 0.15) is 38.9 Å². The highest BCUT2D eigenvalue weighted by Crippen LogP contribution is 2.39. The molecule has 2 unspecified atom stereocenters. The number of esters is 1. The van der Waals surface area contributed by atoms with Crippen LogP contribution in [0.5, 0.6) is 5.75 Å². The fourth-order valence-corrected chi connectivity index (χ4v) is 3.03. The minimum absolute atomic E-state index is 0.236. The lowest BCUT2D eigenvalue weighted by atomic mass is 10.0. The van der Waals surface area contributed by atoms with Crippen molar-refractivity contribution < 1.29 is 19.1 Å². The first kappa shape index (κ1) is 18.7. The molecule has 7 heteroatoms. The smallest absolute Gasteiger partial charge is 0.329 e. The van der Waals surface area contributed by atoms with Gasteiger partial charge in [0, 0.05) is 5.56 Å². The van der Waals surface area contributed by atoms with Gasteiger partial charge in [-0.15, -0.1) is 0 Å². The summed E-state index contributed by atoms with van der Waals surface area (Å²) < 4.78 is 11.3. The number of hydrogen-bond donors (Lipinski definition) is 1. The SMILES string of the molecule is CCC(C(=O)OC(C)C)N1C(=O)C(c2ccccc2)Oc2ccc(N)nc21. The van der Waals surface area contributed by atoms with Crippen LogP contribution in [-0.4, -0.2) is 29.0 Å². The molecule has 0 spiro atoms. The van der Waals surface area contributed by atoms with E-state index in [2.05, 4.69) is 4.98 Å². The Bertz CT molecular complexity index is 838. The van der Waals surface area contributed by atoms with Crippen molar-refractivity contribution in [3.63, 3.8) is 0 Å². The van der Waals surface area contributed by atoms with Crippen LogP contribution in [-0.2, 0) is 14.3 Å². The van der Waals surface area contributed by atoms with E-state index >= 15 is 0 Å². The van der Waals surface area contributed by atoms with Crippen molar-refractivity contribution >= 4 is 23.5 Å². The van der Waals surface area contributed by atoms with Gasteiger partial charge in [0.1, 0.15) is 11.9 Å². The largest absolute Gasteiger partial charge is 0.472 e. The van der Waals surface area contributed by atoms with Gasteiger partial charge >= 0.3 is 5.97 Å². The van der Waals surface area contributed by atoms with Crippen LogP contribution in [0.4, 0.5) is 11.6 Å². The van der Waals surface area contributed by atoms with Crippen molar-refractivity contribution in [1.82, 2.24) is 4.98 Å². The van der Waals surface area contributed by atoms with Crippen molar-refractivity contribution in [2.24, 2.45) is 0 Å². The number of anilines is 2. The first-order chi connectivity index (χ1) is 12.9. The van der Waals surface area contributed by atoms with Gasteiger partial charge in [0.05, 0.1) is 6.10 Å². The Morgan fingerprint density at radius 3 is 2.59 bits per heavy atom. The quantitative estimate of drug-likeness (QED) is 0.815. The third-order valence-corrected chi connectivity index (χ3v) is 4.22. The highest BCUT2D eigenvalue weighted by molar-refractivity contribution is 6.04. The second kappa shape index (κ2) is 7.65. The van der Waals surface area contributed by atoms with E-state index in [1.54, 1.807) is 26.0 Å². The Kier molecular flexibility index (Phi) is 5.30. The fraction of sp³-hybridized carbons (Fsp3) is 0.350. The molecule has 1 aromatic heterocycles. The molecule has 2 N–H and O–H groups in total. The Morgan fingerprint density at radius 2 is 1.96 bits per heavy atom. The first-order valence-corrected chi connectivity index (χ1v) is 8.94. The van der Waals surface area contributed by atoms with E-state index in [1.165, 1.54) is 4.90 Å². The molecular weight excluding hydrogens is 346 g/mol. The van der Waals surface area contributed by atoms with Crippen LogP contribution in [0.25, 0.3) is 0 Å². The second-order valence-electron chi connectivity index (χ2n) is 6.58. The molecule has 3 rings (SSSR count). The number of carbonyl (C=O) groups excluding carboxylic acids is 2. The number of fused-ring (bicyclic) bond motifs is 1. The molecule has 2 atom stereocenters. The predicted molar refractivity (Wildman–Crippen MR) is 101 cm³/mol. The van der Waals surface area contributed by atoms with Gasteiger partial charge in [-0.1, -0.05) is 37.3 Å². The second-order valence-corrected chi connectivity index (χ2v) is 6.58. The number of aromatic nitrogens is 1. The Labute approximate surface area is 158 Å². The van der Waals surface area contributed by atoms with Crippen molar-refractivity contribution in [2.75, 3.05) is 10.6 Å². The number of ether oxygens (including phenoxy) is 2. The van der Waals surface area contributed by atoms with Crippen LogP contribution in [0.2, 0.25) is 0 Å². The molecule has 2 heterocycles. The van der Waals surface area contributed by atoms with Gasteiger partial charge in [-0.3, -0.25) is 9.69 Å². The molecule has 0 fully saturated rings. The summed E-state index contributed by atoms with van der Waals surface area (Å²) >= 11 is 0. The number of nitrogens with two attached hydrogens (primary N) is 1. The number of nitrogens with zero attached hydrogens (tertiary/aromatic N) is 2. The van der Waals surface area contributed by atoms with Crippen molar-refractivity contribution in [1.29, 1.82) is 0 Å². The zero-order valence-corrected chi connectivity index (χ0v) is 15.6. The number of benzene rings is 1. The molecule has 0 bridgehead atoms. The molecular formula is C20H23N3O4. The van der Waals surface area contributed by atoms with Crippen molar-refractivity contribution in [3.05, 3.63) is 48.0 Å². The molecule has 142 valence electrons. The number of rotatable bonds is 5. The van der Waals surface area contributed by atoms with E-state index < -0.39 is 18.1 Å². The van der Waals surface area contributed by atoms with Gasteiger partial charge in [-0.05, 0) is 32.4 Å². The van der Waals surface area contributed by atoms with E-state index in [4.69, 9.17) is 15.2 Å². The average Bonchev–Trinajstić information content (AvgIpc) is 2.64. The zero-order valence-electron chi connectivity index (χ0n) is 15.6. The van der Waals surface area contributed by atoms with Crippen LogP contribution in [0, 0.1) is 0 Å². The molecule has 1 amide bonds. The van der Waals surface area contributed by atoms with Crippen LogP contribution in [0.3, 0.4) is 0 Å². The normalized spacial score (nSPS) is 17.3. The molecule has 0 radical (unpaired) electrons. The summed E-state index contributed by atoms with van der Waals surface area (Å²) in [4.78, 5) is 31.6. The minimum Gasteiger partial charge on any atom is -0.472 e. The zero-order chi connectivity index (χ0) is 19.6. The first-order valence-electron chi connectivity index (χ1n) is 8.94. The van der Waals surface area contributed by atoms with E-state index in [1.807, 2.05) is 37.3 Å². The Morgan fingerprint density at radius 1 is 1.26 bits per heavy atom. The number of amides is 1. The lowest BCUT2D eigenvalue weighted by Gasteiger charge is -2.37. The van der Waals surface area contributed by atoms with Crippen LogP contribution < -0.4 is 15.4 Å². The highest BCUT2D eigenvalue weighted by Gasteiger charge is 2.42. The lowest BCUT2D eigenvalue weighted by Crippen LogP contribution is -2.51. The summed E-state index contributed by atoms with van der Waals surface area (Å²) in [6.07, 6.45) is -0.791. The van der Waals surface area contributed by atoms with Gasteiger partial charge < -0.3 is 15.2 Å². The van der Waals surface area contributed by atoms with Gasteiger partial charge in [0.15, 0.2) is 11.6 Å². The monoisotopic (exact) mass is 369 g/mol. The van der Waals surface area contributed by atoms with Gasteiger partial charge in [0.25, 0.3) is 5.91 Å². The maximum absolute atomic E-state index is 13.3. The molecule has 7 nitrogen and oxygen atoms in total. The summed E-state index contributed by atoms with van der Waals surface area (Å²) in [7, 11) is 0. The maximum Gasteiger partial charge on any atom is 0.329 e. The highest BCUT2D eigenvalue weighted by atomic mass is 16.5. The number of nitrogen functional groups attached to an aromatic ring is 1. The predicted octanol–water partition coefficient (Wildman–Crippen LogP) is 2.86. The summed E-state index contributed by atoms with van der Waals surface area (Å²) in [6.45, 7) is 5.35. The van der Waals surface area contributed by atoms with E-state index in [0.717, 1.165) is 0 Å². The van der Waals surface area contributed by atoms with Gasteiger partial charge in [-0.25, -0.2) is 9.78 Å². The molecule has 1 aliphatic rings. The fourth-order valence-electron chi connectivity index (χ4n) is 3.03. The average molecular weight is 369 g/mol.